The Morgan fingerprint density at radius 2 is 1.96 bits per heavy atom. The number of ether oxygens (including phenoxy) is 2. The largest absolute Gasteiger partial charge is 0.507 e. The molecule has 0 aromatic heterocycles. The number of phenols is 1. The van der Waals surface area contributed by atoms with Crippen molar-refractivity contribution >= 4 is 6.09 Å². The van der Waals surface area contributed by atoms with E-state index in [9.17, 15) is 9.90 Å². The number of aromatic hydroxyl groups is 1. The molecule has 0 aliphatic carbocycles. The van der Waals surface area contributed by atoms with Crippen LogP contribution in [-0.2, 0) is 4.74 Å². The normalized spacial score (nSPS) is 14.0. The number of benzene rings is 1. The van der Waals surface area contributed by atoms with Crippen molar-refractivity contribution in [2.24, 2.45) is 0 Å². The third-order valence-corrected chi connectivity index (χ3v) is 3.20. The second-order valence-electron chi connectivity index (χ2n) is 6.60. The molecule has 0 spiro atoms. The summed E-state index contributed by atoms with van der Waals surface area (Å²) in [7, 11) is 1.56. The Balaban J connectivity index is 2.49. The SMILES string of the molecule is COc1ccc(C(C)NCC(C)NC(=O)OC(C)(C)C)c(O)c1. The molecule has 1 aromatic carbocycles. The van der Waals surface area contributed by atoms with Crippen molar-refractivity contribution in [2.75, 3.05) is 13.7 Å². The lowest BCUT2D eigenvalue weighted by molar-refractivity contribution is 0.0507. The fourth-order valence-electron chi connectivity index (χ4n) is 2.04. The highest BCUT2D eigenvalue weighted by Crippen LogP contribution is 2.28. The average molecular weight is 324 g/mol. The van der Waals surface area contributed by atoms with Crippen molar-refractivity contribution in [3.05, 3.63) is 23.8 Å². The van der Waals surface area contributed by atoms with Crippen LogP contribution in [-0.4, -0.2) is 36.5 Å². The summed E-state index contributed by atoms with van der Waals surface area (Å²) in [6, 6.07) is 5.03. The van der Waals surface area contributed by atoms with Gasteiger partial charge in [-0.2, -0.15) is 0 Å². The van der Waals surface area contributed by atoms with Crippen LogP contribution in [0.5, 0.6) is 11.5 Å². The molecule has 1 rings (SSSR count). The predicted molar refractivity (Wildman–Crippen MR) is 89.9 cm³/mol. The zero-order valence-electron chi connectivity index (χ0n) is 14.8. The van der Waals surface area contributed by atoms with Gasteiger partial charge in [-0.1, -0.05) is 6.07 Å². The van der Waals surface area contributed by atoms with E-state index in [2.05, 4.69) is 10.6 Å². The highest BCUT2D eigenvalue weighted by molar-refractivity contribution is 5.68. The van der Waals surface area contributed by atoms with E-state index in [1.165, 1.54) is 0 Å². The van der Waals surface area contributed by atoms with E-state index in [1.807, 2.05) is 40.7 Å². The zero-order chi connectivity index (χ0) is 17.6. The van der Waals surface area contributed by atoms with Crippen LogP contribution in [0.25, 0.3) is 0 Å². The molecular weight excluding hydrogens is 296 g/mol. The number of carbonyl (C=O) groups excluding carboxylic acids is 1. The van der Waals surface area contributed by atoms with Crippen LogP contribution in [0.15, 0.2) is 18.2 Å². The van der Waals surface area contributed by atoms with Crippen LogP contribution in [0.3, 0.4) is 0 Å². The van der Waals surface area contributed by atoms with Gasteiger partial charge in [0.2, 0.25) is 0 Å². The van der Waals surface area contributed by atoms with Crippen molar-refractivity contribution in [3.63, 3.8) is 0 Å². The van der Waals surface area contributed by atoms with Gasteiger partial charge in [0.05, 0.1) is 7.11 Å². The summed E-state index contributed by atoms with van der Waals surface area (Å²) in [4.78, 5) is 11.7. The molecule has 0 saturated carbocycles. The van der Waals surface area contributed by atoms with E-state index in [0.29, 0.717) is 12.3 Å². The first-order chi connectivity index (χ1) is 10.6. The minimum atomic E-state index is -0.514. The fraction of sp³-hybridized carbons (Fsp3) is 0.588. The molecule has 0 radical (unpaired) electrons. The molecule has 23 heavy (non-hydrogen) atoms. The van der Waals surface area contributed by atoms with Gasteiger partial charge in [0.15, 0.2) is 0 Å². The van der Waals surface area contributed by atoms with Gasteiger partial charge in [0.25, 0.3) is 0 Å². The van der Waals surface area contributed by atoms with Gasteiger partial charge in [-0.15, -0.1) is 0 Å². The minimum absolute atomic E-state index is 0.0659. The number of methoxy groups -OCH3 is 1. The second-order valence-corrected chi connectivity index (χ2v) is 6.60. The van der Waals surface area contributed by atoms with Crippen LogP contribution in [0.2, 0.25) is 0 Å². The van der Waals surface area contributed by atoms with Crippen LogP contribution in [0.1, 0.15) is 46.2 Å². The Hall–Kier alpha value is -1.95. The van der Waals surface area contributed by atoms with Crippen molar-refractivity contribution < 1.29 is 19.4 Å². The number of rotatable bonds is 6. The van der Waals surface area contributed by atoms with Gasteiger partial charge in [-0.25, -0.2) is 4.79 Å². The van der Waals surface area contributed by atoms with Crippen molar-refractivity contribution in [3.8, 4) is 11.5 Å². The lowest BCUT2D eigenvalue weighted by Gasteiger charge is -2.23. The highest BCUT2D eigenvalue weighted by Gasteiger charge is 2.18. The van der Waals surface area contributed by atoms with E-state index in [1.54, 1.807) is 19.2 Å². The quantitative estimate of drug-likeness (QED) is 0.749. The van der Waals surface area contributed by atoms with Gasteiger partial charge in [0, 0.05) is 30.3 Å². The van der Waals surface area contributed by atoms with Crippen molar-refractivity contribution in [1.82, 2.24) is 10.6 Å². The van der Waals surface area contributed by atoms with Gasteiger partial charge in [-0.3, -0.25) is 0 Å². The summed E-state index contributed by atoms with van der Waals surface area (Å²) in [5.74, 6) is 0.788. The number of hydrogen-bond acceptors (Lipinski definition) is 5. The third-order valence-electron chi connectivity index (χ3n) is 3.20. The lowest BCUT2D eigenvalue weighted by atomic mass is 10.1. The summed E-state index contributed by atoms with van der Waals surface area (Å²) in [6.07, 6.45) is -0.438. The molecule has 0 saturated heterocycles. The molecule has 0 fully saturated rings. The monoisotopic (exact) mass is 324 g/mol. The Bertz CT molecular complexity index is 526. The van der Waals surface area contributed by atoms with Crippen LogP contribution < -0.4 is 15.4 Å². The molecule has 3 N–H and O–H groups in total. The summed E-state index contributed by atoms with van der Waals surface area (Å²) in [5, 5.41) is 16.1. The Kier molecular flexibility index (Phi) is 6.69. The molecule has 0 bridgehead atoms. The second kappa shape index (κ2) is 8.06. The number of phenolic OH excluding ortho intramolecular Hbond substituents is 1. The summed E-state index contributed by atoms with van der Waals surface area (Å²) < 4.78 is 10.3. The Morgan fingerprint density at radius 3 is 2.48 bits per heavy atom. The maximum absolute atomic E-state index is 11.7. The number of carbonyl (C=O) groups is 1. The smallest absolute Gasteiger partial charge is 0.407 e. The third kappa shape index (κ3) is 6.78. The topological polar surface area (TPSA) is 79.8 Å². The molecular formula is C17H28N2O4. The van der Waals surface area contributed by atoms with Crippen LogP contribution in [0.4, 0.5) is 4.79 Å². The Morgan fingerprint density at radius 1 is 1.30 bits per heavy atom. The molecule has 2 unspecified atom stereocenters. The minimum Gasteiger partial charge on any atom is -0.507 e. The molecule has 0 aliphatic heterocycles. The number of amides is 1. The summed E-state index contributed by atoms with van der Waals surface area (Å²) >= 11 is 0. The van der Waals surface area contributed by atoms with Crippen molar-refractivity contribution in [1.29, 1.82) is 0 Å². The maximum atomic E-state index is 11.7. The highest BCUT2D eigenvalue weighted by atomic mass is 16.6. The molecule has 6 heteroatoms. The van der Waals surface area contributed by atoms with E-state index >= 15 is 0 Å². The lowest BCUT2D eigenvalue weighted by Crippen LogP contribution is -2.43. The van der Waals surface area contributed by atoms with Crippen molar-refractivity contribution in [2.45, 2.75) is 52.3 Å². The van der Waals surface area contributed by atoms with E-state index < -0.39 is 11.7 Å². The molecule has 6 nitrogen and oxygen atoms in total. The van der Waals surface area contributed by atoms with Crippen LogP contribution >= 0.6 is 0 Å². The molecule has 0 aliphatic rings. The first-order valence-corrected chi connectivity index (χ1v) is 7.72. The zero-order valence-corrected chi connectivity index (χ0v) is 14.8. The van der Waals surface area contributed by atoms with Gasteiger partial charge < -0.3 is 25.2 Å². The Labute approximate surface area is 138 Å². The standard InChI is InChI=1S/C17H28N2O4/c1-11(19-16(21)23-17(3,4)5)10-18-12(2)14-8-7-13(22-6)9-15(14)20/h7-9,11-12,18,20H,10H2,1-6H3,(H,19,21). The van der Waals surface area contributed by atoms with E-state index in [0.717, 1.165) is 5.56 Å². The van der Waals surface area contributed by atoms with E-state index in [-0.39, 0.29) is 17.8 Å². The molecule has 2 atom stereocenters. The summed E-state index contributed by atoms with van der Waals surface area (Å²) in [6.45, 7) is 9.85. The molecule has 1 aromatic rings. The van der Waals surface area contributed by atoms with Gasteiger partial charge in [0.1, 0.15) is 17.1 Å². The number of alkyl carbamates (subject to hydrolysis) is 1. The number of nitrogens with one attached hydrogen (secondary N) is 2. The average Bonchev–Trinajstić information content (AvgIpc) is 2.42. The first kappa shape index (κ1) is 19.1. The fourth-order valence-corrected chi connectivity index (χ4v) is 2.04. The molecule has 0 heterocycles. The number of hydrogen-bond donors (Lipinski definition) is 3. The van der Waals surface area contributed by atoms with Crippen LogP contribution in [0, 0.1) is 0 Å². The maximum Gasteiger partial charge on any atom is 0.407 e. The molecule has 130 valence electrons. The van der Waals surface area contributed by atoms with E-state index in [4.69, 9.17) is 9.47 Å². The summed E-state index contributed by atoms with van der Waals surface area (Å²) in [5.41, 5.74) is 0.259. The molecule has 1 amide bonds. The predicted octanol–water partition coefficient (Wildman–Crippen LogP) is 2.96. The van der Waals surface area contributed by atoms with Gasteiger partial charge >= 0.3 is 6.09 Å². The van der Waals surface area contributed by atoms with Gasteiger partial charge in [-0.05, 0) is 40.7 Å². The first-order valence-electron chi connectivity index (χ1n) is 7.72.